The summed E-state index contributed by atoms with van der Waals surface area (Å²) in [7, 11) is 3.30. The van der Waals surface area contributed by atoms with Gasteiger partial charge in [-0.2, -0.15) is 0 Å². The molecule has 1 saturated carbocycles. The van der Waals surface area contributed by atoms with Crippen LogP contribution in [0.5, 0.6) is 0 Å². The molecule has 2 aromatic carbocycles. The Morgan fingerprint density at radius 2 is 1.78 bits per heavy atom. The van der Waals surface area contributed by atoms with Crippen LogP contribution in [0.1, 0.15) is 85.4 Å². The van der Waals surface area contributed by atoms with E-state index in [4.69, 9.17) is 14.5 Å². The number of thiazole rings is 1. The number of ether oxygens (including phenoxy) is 2. The van der Waals surface area contributed by atoms with Crippen molar-refractivity contribution < 1.29 is 19.1 Å². The Bertz CT molecular complexity index is 1960. The Kier molecular flexibility index (Phi) is 8.63. The zero-order valence-corrected chi connectivity index (χ0v) is 28.6. The lowest BCUT2D eigenvalue weighted by molar-refractivity contribution is -0.155. The Morgan fingerprint density at radius 1 is 1.02 bits per heavy atom. The SMILES string of the molecule is CNc1cc2nc(-c3sc(C)nc3C)ccc2cc1-c1c(C2CCCCC2)c2ccc(C(=O)OC)cc2n1CC(=O)OC(C)(C)C. The third-order valence-corrected chi connectivity index (χ3v) is 9.83. The van der Waals surface area contributed by atoms with Gasteiger partial charge in [-0.3, -0.25) is 4.79 Å². The summed E-state index contributed by atoms with van der Waals surface area (Å²) in [6.45, 7) is 9.67. The number of hydrogen-bond donors (Lipinski definition) is 1. The Hall–Kier alpha value is -4.24. The molecule has 5 aromatic rings. The maximum atomic E-state index is 13.5. The molecule has 8 nitrogen and oxygen atoms in total. The van der Waals surface area contributed by atoms with Gasteiger partial charge in [0.1, 0.15) is 12.1 Å². The molecule has 0 amide bonds. The van der Waals surface area contributed by atoms with E-state index >= 15 is 0 Å². The van der Waals surface area contributed by atoms with E-state index in [1.54, 1.807) is 11.3 Å². The maximum absolute atomic E-state index is 13.5. The first-order chi connectivity index (χ1) is 22.0. The molecule has 0 radical (unpaired) electrons. The monoisotopic (exact) mass is 638 g/mol. The van der Waals surface area contributed by atoms with Crippen molar-refractivity contribution in [2.45, 2.75) is 84.8 Å². The van der Waals surface area contributed by atoms with Crippen LogP contribution in [0.25, 0.3) is 43.6 Å². The number of methoxy groups -OCH3 is 1. The van der Waals surface area contributed by atoms with Crippen molar-refractivity contribution in [1.29, 1.82) is 0 Å². The second-order valence-electron chi connectivity index (χ2n) is 13.2. The van der Waals surface area contributed by atoms with Crippen LogP contribution in [0.2, 0.25) is 0 Å². The molecule has 240 valence electrons. The zero-order valence-electron chi connectivity index (χ0n) is 27.7. The molecule has 46 heavy (non-hydrogen) atoms. The zero-order chi connectivity index (χ0) is 32.7. The van der Waals surface area contributed by atoms with Gasteiger partial charge in [0.2, 0.25) is 0 Å². The van der Waals surface area contributed by atoms with Gasteiger partial charge in [-0.1, -0.05) is 31.4 Å². The fourth-order valence-electron chi connectivity index (χ4n) is 6.85. The lowest BCUT2D eigenvalue weighted by atomic mass is 9.81. The van der Waals surface area contributed by atoms with Crippen LogP contribution in [0.3, 0.4) is 0 Å². The number of rotatable bonds is 7. The predicted molar refractivity (Wildman–Crippen MR) is 186 cm³/mol. The molecule has 0 atom stereocenters. The standard InChI is InChI=1S/C37H42N4O4S/c1-21-35(46-22(2)39-21)28-16-14-24-17-27(30(38-6)19-29(24)40-28)34-33(23-11-9-8-10-12-23)26-15-13-25(36(43)44-7)18-31(26)41(34)20-32(42)45-37(3,4)5/h13-19,23,38H,8-12,20H2,1-7H3. The van der Waals surface area contributed by atoms with Crippen molar-refractivity contribution in [1.82, 2.24) is 14.5 Å². The van der Waals surface area contributed by atoms with Gasteiger partial charge in [-0.15, -0.1) is 11.3 Å². The van der Waals surface area contributed by atoms with E-state index < -0.39 is 11.6 Å². The van der Waals surface area contributed by atoms with Crippen LogP contribution in [-0.4, -0.2) is 46.2 Å². The maximum Gasteiger partial charge on any atom is 0.337 e. The average Bonchev–Trinajstić information content (AvgIpc) is 3.54. The molecule has 0 saturated heterocycles. The lowest BCUT2D eigenvalue weighted by Crippen LogP contribution is -2.26. The first kappa shape index (κ1) is 31.7. The topological polar surface area (TPSA) is 95.3 Å². The number of nitrogens with zero attached hydrogens (tertiary/aromatic N) is 3. The molecule has 1 aliphatic rings. The van der Waals surface area contributed by atoms with Crippen LogP contribution in [0.15, 0.2) is 42.5 Å². The van der Waals surface area contributed by atoms with E-state index in [1.165, 1.54) is 19.1 Å². The van der Waals surface area contributed by atoms with Gasteiger partial charge in [-0.05, 0) is 89.3 Å². The van der Waals surface area contributed by atoms with E-state index in [0.717, 1.165) is 85.7 Å². The number of aromatic nitrogens is 3. The molecule has 6 rings (SSSR count). The number of fused-ring (bicyclic) bond motifs is 2. The average molecular weight is 639 g/mol. The molecule has 0 spiro atoms. The fraction of sp³-hybridized carbons (Fsp3) is 0.405. The van der Waals surface area contributed by atoms with Gasteiger partial charge in [0.25, 0.3) is 0 Å². The number of carbonyl (C=O) groups excluding carboxylic acids is 2. The second-order valence-corrected chi connectivity index (χ2v) is 14.4. The first-order valence-electron chi connectivity index (χ1n) is 16.0. The highest BCUT2D eigenvalue weighted by Gasteiger charge is 2.30. The van der Waals surface area contributed by atoms with Gasteiger partial charge in [0.05, 0.1) is 50.7 Å². The van der Waals surface area contributed by atoms with Gasteiger partial charge < -0.3 is 19.4 Å². The van der Waals surface area contributed by atoms with Crippen molar-refractivity contribution in [2.24, 2.45) is 0 Å². The van der Waals surface area contributed by atoms with Gasteiger partial charge >= 0.3 is 11.9 Å². The predicted octanol–water partition coefficient (Wildman–Crippen LogP) is 8.81. The quantitative estimate of drug-likeness (QED) is 0.178. The minimum absolute atomic E-state index is 0.00281. The molecule has 0 bridgehead atoms. The highest BCUT2D eigenvalue weighted by atomic mass is 32.1. The molecule has 1 aliphatic carbocycles. The van der Waals surface area contributed by atoms with Crippen LogP contribution in [0.4, 0.5) is 5.69 Å². The van der Waals surface area contributed by atoms with Crippen LogP contribution >= 0.6 is 11.3 Å². The Balaban J connectivity index is 1.62. The van der Waals surface area contributed by atoms with Gasteiger partial charge in [-0.25, -0.2) is 14.8 Å². The number of hydrogen-bond acceptors (Lipinski definition) is 8. The van der Waals surface area contributed by atoms with E-state index in [1.807, 2.05) is 64.4 Å². The molecular formula is C37H42N4O4S. The van der Waals surface area contributed by atoms with Gasteiger partial charge in [0, 0.05) is 29.1 Å². The fourth-order valence-corrected chi connectivity index (χ4v) is 7.74. The number of nitrogens with one attached hydrogen (secondary N) is 1. The van der Waals surface area contributed by atoms with Crippen LogP contribution in [0, 0.1) is 13.8 Å². The molecular weight excluding hydrogens is 596 g/mol. The molecule has 9 heteroatoms. The van der Waals surface area contributed by atoms with Gasteiger partial charge in [0.15, 0.2) is 0 Å². The van der Waals surface area contributed by atoms with Crippen LogP contribution < -0.4 is 5.32 Å². The third kappa shape index (κ3) is 6.12. The van der Waals surface area contributed by atoms with Crippen molar-refractivity contribution in [3.63, 3.8) is 0 Å². The summed E-state index contributed by atoms with van der Waals surface area (Å²) in [5.41, 5.74) is 7.46. The van der Waals surface area contributed by atoms with E-state index in [2.05, 4.69) is 34.6 Å². The first-order valence-corrected chi connectivity index (χ1v) is 16.8. The highest BCUT2D eigenvalue weighted by molar-refractivity contribution is 7.15. The second kappa shape index (κ2) is 12.5. The van der Waals surface area contributed by atoms with Crippen LogP contribution in [-0.2, 0) is 20.8 Å². The molecule has 1 fully saturated rings. The normalized spacial score (nSPS) is 14.2. The van der Waals surface area contributed by atoms with Crippen molar-refractivity contribution in [3.8, 4) is 21.8 Å². The smallest absolute Gasteiger partial charge is 0.337 e. The molecule has 1 N–H and O–H groups in total. The lowest BCUT2D eigenvalue weighted by Gasteiger charge is -2.25. The number of anilines is 1. The molecule has 0 aliphatic heterocycles. The Labute approximate surface area is 274 Å². The largest absolute Gasteiger partial charge is 0.465 e. The van der Waals surface area contributed by atoms with Crippen molar-refractivity contribution in [3.05, 3.63) is 64.3 Å². The summed E-state index contributed by atoms with van der Waals surface area (Å²) in [6, 6.07) is 14.2. The van der Waals surface area contributed by atoms with E-state index in [-0.39, 0.29) is 12.5 Å². The summed E-state index contributed by atoms with van der Waals surface area (Å²) < 4.78 is 13.0. The summed E-state index contributed by atoms with van der Waals surface area (Å²) in [5.74, 6) is -0.436. The third-order valence-electron chi connectivity index (χ3n) is 8.73. The minimum atomic E-state index is -0.638. The highest BCUT2D eigenvalue weighted by Crippen LogP contribution is 2.47. The van der Waals surface area contributed by atoms with Crippen molar-refractivity contribution in [2.75, 3.05) is 19.5 Å². The number of pyridine rings is 1. The molecule has 3 aromatic heterocycles. The number of benzene rings is 2. The van der Waals surface area contributed by atoms with E-state index in [0.29, 0.717) is 11.5 Å². The van der Waals surface area contributed by atoms with Crippen molar-refractivity contribution >= 4 is 50.8 Å². The minimum Gasteiger partial charge on any atom is -0.465 e. The summed E-state index contributed by atoms with van der Waals surface area (Å²) >= 11 is 1.65. The summed E-state index contributed by atoms with van der Waals surface area (Å²) in [4.78, 5) is 37.0. The number of aryl methyl sites for hydroxylation is 2. The number of esters is 2. The summed E-state index contributed by atoms with van der Waals surface area (Å²) in [5, 5.41) is 6.50. The molecule has 3 heterocycles. The Morgan fingerprint density at radius 3 is 2.43 bits per heavy atom. The molecule has 0 unspecified atom stereocenters. The van der Waals surface area contributed by atoms with E-state index in [9.17, 15) is 9.59 Å². The summed E-state index contributed by atoms with van der Waals surface area (Å²) in [6.07, 6.45) is 5.67. The number of carbonyl (C=O) groups is 2.